The zero-order valence-electron chi connectivity index (χ0n) is 15.0. The van der Waals surface area contributed by atoms with Crippen molar-refractivity contribution in [2.75, 3.05) is 11.1 Å². The number of aryl methyl sites for hydroxylation is 1. The van der Waals surface area contributed by atoms with Crippen molar-refractivity contribution in [1.82, 2.24) is 29.9 Å². The van der Waals surface area contributed by atoms with E-state index in [1.165, 1.54) is 11.8 Å². The molecule has 3 aromatic heterocycles. The van der Waals surface area contributed by atoms with Gasteiger partial charge in [-0.25, -0.2) is 0 Å². The van der Waals surface area contributed by atoms with Gasteiger partial charge >= 0.3 is 6.01 Å². The van der Waals surface area contributed by atoms with E-state index >= 15 is 0 Å². The Kier molecular flexibility index (Phi) is 4.12. The number of nitrogens with zero attached hydrogens (tertiary/aromatic N) is 5. The van der Waals surface area contributed by atoms with Crippen molar-refractivity contribution in [1.29, 1.82) is 0 Å². The summed E-state index contributed by atoms with van der Waals surface area (Å²) in [6, 6.07) is 8.60. The van der Waals surface area contributed by atoms with Gasteiger partial charge in [0.25, 0.3) is 0 Å². The summed E-state index contributed by atoms with van der Waals surface area (Å²) in [4.78, 5) is 19.4. The molecule has 142 valence electrons. The number of anilines is 1. The molecular formula is C18H17N7O2S. The number of hydrogen-bond acceptors (Lipinski definition) is 7. The van der Waals surface area contributed by atoms with E-state index in [0.29, 0.717) is 11.9 Å². The van der Waals surface area contributed by atoms with Crippen molar-refractivity contribution in [3.8, 4) is 11.4 Å². The zero-order chi connectivity index (χ0) is 19.1. The molecule has 0 saturated heterocycles. The van der Waals surface area contributed by atoms with Crippen LogP contribution in [0.3, 0.4) is 0 Å². The molecule has 1 aliphatic carbocycles. The van der Waals surface area contributed by atoms with Gasteiger partial charge in [-0.1, -0.05) is 35.1 Å². The third-order valence-electron chi connectivity index (χ3n) is 4.51. The molecule has 0 atom stereocenters. The van der Waals surface area contributed by atoms with Crippen LogP contribution in [-0.2, 0) is 4.79 Å². The monoisotopic (exact) mass is 395 g/mol. The van der Waals surface area contributed by atoms with E-state index in [4.69, 9.17) is 4.52 Å². The highest BCUT2D eigenvalue weighted by Gasteiger charge is 2.31. The quantitative estimate of drug-likeness (QED) is 0.482. The number of aromatic nitrogens is 6. The van der Waals surface area contributed by atoms with E-state index < -0.39 is 0 Å². The molecule has 28 heavy (non-hydrogen) atoms. The highest BCUT2D eigenvalue weighted by Crippen LogP contribution is 2.42. The summed E-state index contributed by atoms with van der Waals surface area (Å²) in [5.74, 6) is 1.25. The number of thioether (sulfide) groups is 1. The first-order chi connectivity index (χ1) is 13.7. The van der Waals surface area contributed by atoms with Crippen LogP contribution in [0.5, 0.6) is 0 Å². The maximum atomic E-state index is 12.2. The van der Waals surface area contributed by atoms with E-state index in [-0.39, 0.29) is 17.7 Å². The first kappa shape index (κ1) is 17.0. The molecule has 1 aliphatic rings. The highest BCUT2D eigenvalue weighted by molar-refractivity contribution is 7.99. The number of rotatable bonds is 6. The van der Waals surface area contributed by atoms with Gasteiger partial charge in [-0.2, -0.15) is 4.98 Å². The van der Waals surface area contributed by atoms with E-state index in [9.17, 15) is 4.79 Å². The second-order valence-corrected chi connectivity index (χ2v) is 7.58. The number of fused-ring (bicyclic) bond motifs is 1. The van der Waals surface area contributed by atoms with Gasteiger partial charge in [-0.05, 0) is 25.8 Å². The van der Waals surface area contributed by atoms with Crippen LogP contribution in [0.25, 0.3) is 22.3 Å². The molecule has 0 unspecified atom stereocenters. The summed E-state index contributed by atoms with van der Waals surface area (Å²) in [5.41, 5.74) is 2.08. The van der Waals surface area contributed by atoms with Gasteiger partial charge in [0.15, 0.2) is 16.8 Å². The van der Waals surface area contributed by atoms with Crippen LogP contribution in [-0.4, -0.2) is 41.5 Å². The fourth-order valence-electron chi connectivity index (χ4n) is 3.11. The molecule has 1 amide bonds. The maximum absolute atomic E-state index is 12.2. The predicted octanol–water partition coefficient (Wildman–Crippen LogP) is 3.18. The molecule has 5 rings (SSSR count). The molecule has 0 aliphatic heterocycles. The van der Waals surface area contributed by atoms with Gasteiger partial charge in [-0.15, -0.1) is 10.2 Å². The Morgan fingerprint density at radius 3 is 3.00 bits per heavy atom. The Morgan fingerprint density at radius 1 is 1.36 bits per heavy atom. The minimum Gasteiger partial charge on any atom is -0.360 e. The van der Waals surface area contributed by atoms with Crippen LogP contribution >= 0.6 is 11.8 Å². The van der Waals surface area contributed by atoms with Gasteiger partial charge in [0.05, 0.1) is 5.75 Å². The number of benzene rings is 1. The fraction of sp³-hybridized carbons (Fsp3) is 0.278. The average Bonchev–Trinajstić information content (AvgIpc) is 3.11. The third kappa shape index (κ3) is 3.15. The van der Waals surface area contributed by atoms with Gasteiger partial charge in [0.2, 0.25) is 5.91 Å². The maximum Gasteiger partial charge on any atom is 0.328 e. The molecule has 2 N–H and O–H groups in total. The second kappa shape index (κ2) is 6.79. The van der Waals surface area contributed by atoms with Crippen LogP contribution in [0.15, 0.2) is 40.1 Å². The number of carbonyl (C=O) groups excluding carboxylic acids is 1. The summed E-state index contributed by atoms with van der Waals surface area (Å²) in [6.45, 7) is 1.69. The summed E-state index contributed by atoms with van der Waals surface area (Å²) in [5, 5.41) is 16.9. The standard InChI is InChI=1S/C18H17N7O2S/c1-10-20-17(27-24-10)21-15(26)9-28-18-23-22-16(25(18)11-6-7-11)13-8-19-14-5-3-2-4-12(13)14/h2-5,8,11,19H,6-7,9H2,1H3,(H,20,21,24,26). The van der Waals surface area contributed by atoms with Crippen LogP contribution in [0.4, 0.5) is 6.01 Å². The first-order valence-corrected chi connectivity index (χ1v) is 9.92. The van der Waals surface area contributed by atoms with Crippen LogP contribution in [0, 0.1) is 6.92 Å². The number of aromatic amines is 1. The molecule has 9 nitrogen and oxygen atoms in total. The molecular weight excluding hydrogens is 378 g/mol. The molecule has 3 heterocycles. The van der Waals surface area contributed by atoms with E-state index in [0.717, 1.165) is 40.3 Å². The van der Waals surface area contributed by atoms with Gasteiger partial charge in [0, 0.05) is 28.7 Å². The van der Waals surface area contributed by atoms with Crippen LogP contribution < -0.4 is 5.32 Å². The molecule has 0 radical (unpaired) electrons. The Bertz CT molecular complexity index is 1160. The highest BCUT2D eigenvalue weighted by atomic mass is 32.2. The van der Waals surface area contributed by atoms with E-state index in [1.54, 1.807) is 6.92 Å². The van der Waals surface area contributed by atoms with E-state index in [2.05, 4.69) is 41.3 Å². The smallest absolute Gasteiger partial charge is 0.328 e. The largest absolute Gasteiger partial charge is 0.360 e. The Morgan fingerprint density at radius 2 is 2.21 bits per heavy atom. The number of hydrogen-bond donors (Lipinski definition) is 2. The van der Waals surface area contributed by atoms with Crippen LogP contribution in [0.2, 0.25) is 0 Å². The lowest BCUT2D eigenvalue weighted by Gasteiger charge is -2.08. The summed E-state index contributed by atoms with van der Waals surface area (Å²) in [6.07, 6.45) is 4.15. The molecule has 0 bridgehead atoms. The Labute approximate surface area is 163 Å². The lowest BCUT2D eigenvalue weighted by molar-refractivity contribution is -0.114. The lowest BCUT2D eigenvalue weighted by Crippen LogP contribution is -2.15. The van der Waals surface area contributed by atoms with Gasteiger partial charge < -0.3 is 9.51 Å². The predicted molar refractivity (Wildman–Crippen MR) is 104 cm³/mol. The minimum atomic E-state index is -0.229. The molecule has 1 aromatic carbocycles. The Balaban J connectivity index is 1.38. The molecule has 1 saturated carbocycles. The van der Waals surface area contributed by atoms with Gasteiger partial charge in [-0.3, -0.25) is 14.7 Å². The number of nitrogens with one attached hydrogen (secondary N) is 2. The second-order valence-electron chi connectivity index (χ2n) is 6.64. The molecule has 0 spiro atoms. The normalized spacial score (nSPS) is 13.9. The Hall–Kier alpha value is -3.14. The average molecular weight is 395 g/mol. The lowest BCUT2D eigenvalue weighted by atomic mass is 10.1. The van der Waals surface area contributed by atoms with Crippen molar-refractivity contribution in [3.63, 3.8) is 0 Å². The molecule has 4 aromatic rings. The minimum absolute atomic E-state index is 0.103. The van der Waals surface area contributed by atoms with E-state index in [1.807, 2.05) is 24.4 Å². The zero-order valence-corrected chi connectivity index (χ0v) is 15.9. The topological polar surface area (TPSA) is 115 Å². The van der Waals surface area contributed by atoms with Crippen molar-refractivity contribution in [2.24, 2.45) is 0 Å². The molecule has 10 heteroatoms. The fourth-order valence-corrected chi connectivity index (χ4v) is 3.92. The number of carbonyl (C=O) groups is 1. The van der Waals surface area contributed by atoms with Crippen molar-refractivity contribution in [2.45, 2.75) is 31.0 Å². The summed E-state index contributed by atoms with van der Waals surface area (Å²) < 4.78 is 7.06. The van der Waals surface area contributed by atoms with Gasteiger partial charge in [0.1, 0.15) is 0 Å². The number of para-hydroxylation sites is 1. The van der Waals surface area contributed by atoms with Crippen molar-refractivity contribution < 1.29 is 9.32 Å². The summed E-state index contributed by atoms with van der Waals surface area (Å²) >= 11 is 1.35. The number of amides is 1. The third-order valence-corrected chi connectivity index (χ3v) is 5.46. The summed E-state index contributed by atoms with van der Waals surface area (Å²) in [7, 11) is 0. The number of H-pyrrole nitrogens is 1. The van der Waals surface area contributed by atoms with Crippen molar-refractivity contribution >= 4 is 34.6 Å². The molecule has 1 fully saturated rings. The van der Waals surface area contributed by atoms with Crippen LogP contribution in [0.1, 0.15) is 24.7 Å². The SMILES string of the molecule is Cc1noc(NC(=O)CSc2nnc(-c3c[nH]c4ccccc34)n2C2CC2)n1. The van der Waals surface area contributed by atoms with Crippen molar-refractivity contribution in [3.05, 3.63) is 36.3 Å². The first-order valence-electron chi connectivity index (χ1n) is 8.93.